The summed E-state index contributed by atoms with van der Waals surface area (Å²) in [6.45, 7) is 2.43. The Morgan fingerprint density at radius 3 is 2.22 bits per heavy atom. The van der Waals surface area contributed by atoms with E-state index in [1.165, 1.54) is 44.1 Å². The Morgan fingerprint density at radius 2 is 1.72 bits per heavy atom. The quantitative estimate of drug-likeness (QED) is 0.709. The van der Waals surface area contributed by atoms with Gasteiger partial charge in [-0.25, -0.2) is 0 Å². The zero-order chi connectivity index (χ0) is 12.8. The lowest BCUT2D eigenvalue weighted by Crippen LogP contribution is -2.42. The van der Waals surface area contributed by atoms with E-state index < -0.39 is 0 Å². The molecular formula is C16H18ClN. The van der Waals surface area contributed by atoms with Crippen LogP contribution in [-0.2, 0) is 5.41 Å². The summed E-state index contributed by atoms with van der Waals surface area (Å²) < 4.78 is 0. The molecule has 2 bridgehead atoms. The molecule has 0 saturated heterocycles. The number of benzene rings is 1. The molecule has 3 fully saturated rings. The van der Waals surface area contributed by atoms with Crippen molar-refractivity contribution in [1.29, 1.82) is 5.26 Å². The molecule has 0 spiro atoms. The summed E-state index contributed by atoms with van der Waals surface area (Å²) in [5.74, 6) is 0. The Bertz CT molecular complexity index is 502. The maximum atomic E-state index is 8.95. The first-order chi connectivity index (χ1) is 8.57. The van der Waals surface area contributed by atoms with Crippen molar-refractivity contribution in [1.82, 2.24) is 0 Å². The topological polar surface area (TPSA) is 23.8 Å². The fourth-order valence-corrected chi connectivity index (χ4v) is 3.96. The molecule has 1 aromatic carbocycles. The highest BCUT2D eigenvalue weighted by molar-refractivity contribution is 6.31. The van der Waals surface area contributed by atoms with Gasteiger partial charge in [0.2, 0.25) is 0 Å². The van der Waals surface area contributed by atoms with Crippen LogP contribution < -0.4 is 0 Å². The normalized spacial score (nSPS) is 34.3. The first kappa shape index (κ1) is 12.1. The van der Waals surface area contributed by atoms with E-state index in [-0.39, 0.29) is 0 Å². The second-order valence-electron chi connectivity index (χ2n) is 6.40. The summed E-state index contributed by atoms with van der Waals surface area (Å²) in [5.41, 5.74) is 2.88. The average Bonchev–Trinajstić information content (AvgIpc) is 2.40. The summed E-state index contributed by atoms with van der Waals surface area (Å²) in [5, 5.41) is 9.56. The molecular weight excluding hydrogens is 242 g/mol. The highest BCUT2D eigenvalue weighted by Crippen LogP contribution is 2.57. The number of hydrogen-bond donors (Lipinski definition) is 0. The molecule has 0 amide bonds. The second-order valence-corrected chi connectivity index (χ2v) is 6.80. The molecule has 0 unspecified atom stereocenters. The molecule has 0 aromatic heterocycles. The van der Waals surface area contributed by atoms with Gasteiger partial charge in [-0.05, 0) is 67.1 Å². The van der Waals surface area contributed by atoms with Gasteiger partial charge < -0.3 is 0 Å². The van der Waals surface area contributed by atoms with Crippen molar-refractivity contribution in [3.63, 3.8) is 0 Å². The number of nitriles is 1. The van der Waals surface area contributed by atoms with E-state index in [9.17, 15) is 0 Å². The smallest absolute Gasteiger partial charge is 0.101 e. The van der Waals surface area contributed by atoms with Crippen LogP contribution in [0.15, 0.2) is 18.2 Å². The highest BCUT2D eigenvalue weighted by Gasteiger charge is 2.46. The SMILES string of the molecule is CC12CCC(c3ccc(C#N)c(Cl)c3)(CC1)CC2. The van der Waals surface area contributed by atoms with Crippen LogP contribution in [0.4, 0.5) is 0 Å². The summed E-state index contributed by atoms with van der Waals surface area (Å²) in [6, 6.07) is 8.18. The summed E-state index contributed by atoms with van der Waals surface area (Å²) >= 11 is 6.19. The van der Waals surface area contributed by atoms with E-state index in [0.29, 0.717) is 21.4 Å². The molecule has 0 radical (unpaired) electrons. The van der Waals surface area contributed by atoms with Crippen molar-refractivity contribution >= 4 is 11.6 Å². The molecule has 4 rings (SSSR count). The molecule has 3 aliphatic rings. The maximum absolute atomic E-state index is 8.95. The third-order valence-corrected chi connectivity index (χ3v) is 5.64. The van der Waals surface area contributed by atoms with E-state index in [4.69, 9.17) is 16.9 Å². The fourth-order valence-electron chi connectivity index (χ4n) is 3.74. The van der Waals surface area contributed by atoms with E-state index in [1.807, 2.05) is 12.1 Å². The molecule has 18 heavy (non-hydrogen) atoms. The van der Waals surface area contributed by atoms with Crippen molar-refractivity contribution in [2.75, 3.05) is 0 Å². The zero-order valence-corrected chi connectivity index (χ0v) is 11.6. The third kappa shape index (κ3) is 1.75. The van der Waals surface area contributed by atoms with Gasteiger partial charge in [-0.15, -0.1) is 0 Å². The van der Waals surface area contributed by atoms with Crippen molar-refractivity contribution in [3.8, 4) is 6.07 Å². The van der Waals surface area contributed by atoms with Crippen LogP contribution in [-0.4, -0.2) is 0 Å². The van der Waals surface area contributed by atoms with E-state index in [0.717, 1.165) is 0 Å². The molecule has 0 N–H and O–H groups in total. The van der Waals surface area contributed by atoms with Gasteiger partial charge in [-0.1, -0.05) is 24.6 Å². The minimum atomic E-state index is 0.343. The zero-order valence-electron chi connectivity index (χ0n) is 10.8. The van der Waals surface area contributed by atoms with Crippen molar-refractivity contribution < 1.29 is 0 Å². The van der Waals surface area contributed by atoms with Gasteiger partial charge in [-0.3, -0.25) is 0 Å². The van der Waals surface area contributed by atoms with Crippen LogP contribution >= 0.6 is 11.6 Å². The van der Waals surface area contributed by atoms with Gasteiger partial charge in [-0.2, -0.15) is 5.26 Å². The van der Waals surface area contributed by atoms with E-state index >= 15 is 0 Å². The minimum Gasteiger partial charge on any atom is -0.192 e. The van der Waals surface area contributed by atoms with E-state index in [2.05, 4.69) is 19.1 Å². The molecule has 0 atom stereocenters. The summed E-state index contributed by atoms with van der Waals surface area (Å²) in [6.07, 6.45) is 7.86. The number of halogens is 1. The predicted octanol–water partition coefficient (Wildman–Crippen LogP) is 4.82. The van der Waals surface area contributed by atoms with Crippen LogP contribution in [0.5, 0.6) is 0 Å². The fraction of sp³-hybridized carbons (Fsp3) is 0.562. The standard InChI is InChI=1S/C16H18ClN/c1-15-4-7-16(8-5-15,9-6-15)13-3-2-12(11-18)14(17)10-13/h2-3,10H,4-9H2,1H3. The molecule has 1 aromatic rings. The van der Waals surface area contributed by atoms with Crippen LogP contribution in [0, 0.1) is 16.7 Å². The minimum absolute atomic E-state index is 0.343. The molecule has 1 nitrogen and oxygen atoms in total. The molecule has 3 aliphatic carbocycles. The van der Waals surface area contributed by atoms with Gasteiger partial charge in [0.25, 0.3) is 0 Å². The van der Waals surface area contributed by atoms with Gasteiger partial charge >= 0.3 is 0 Å². The number of nitrogens with zero attached hydrogens (tertiary/aromatic N) is 1. The van der Waals surface area contributed by atoms with E-state index in [1.54, 1.807) is 0 Å². The number of fused-ring (bicyclic) bond motifs is 3. The number of rotatable bonds is 1. The monoisotopic (exact) mass is 259 g/mol. The Kier molecular flexibility index (Phi) is 2.68. The lowest BCUT2D eigenvalue weighted by atomic mass is 9.52. The van der Waals surface area contributed by atoms with Gasteiger partial charge in [0.05, 0.1) is 10.6 Å². The van der Waals surface area contributed by atoms with Gasteiger partial charge in [0, 0.05) is 0 Å². The van der Waals surface area contributed by atoms with Crippen LogP contribution in [0.2, 0.25) is 5.02 Å². The first-order valence-electron chi connectivity index (χ1n) is 6.77. The number of hydrogen-bond acceptors (Lipinski definition) is 1. The van der Waals surface area contributed by atoms with Crippen molar-refractivity contribution in [2.24, 2.45) is 5.41 Å². The van der Waals surface area contributed by atoms with Crippen molar-refractivity contribution in [3.05, 3.63) is 34.3 Å². The van der Waals surface area contributed by atoms with Gasteiger partial charge in [0.15, 0.2) is 0 Å². The molecule has 0 aliphatic heterocycles. The van der Waals surface area contributed by atoms with Crippen LogP contribution in [0.1, 0.15) is 56.6 Å². The van der Waals surface area contributed by atoms with Crippen LogP contribution in [0.25, 0.3) is 0 Å². The van der Waals surface area contributed by atoms with Gasteiger partial charge in [0.1, 0.15) is 6.07 Å². The largest absolute Gasteiger partial charge is 0.192 e. The lowest BCUT2D eigenvalue weighted by Gasteiger charge is -2.52. The first-order valence-corrected chi connectivity index (χ1v) is 7.15. The molecule has 3 saturated carbocycles. The second kappa shape index (κ2) is 4.00. The lowest BCUT2D eigenvalue weighted by molar-refractivity contribution is 0.0556. The predicted molar refractivity (Wildman–Crippen MR) is 73.7 cm³/mol. The maximum Gasteiger partial charge on any atom is 0.101 e. The third-order valence-electron chi connectivity index (χ3n) is 5.32. The Labute approximate surface area is 114 Å². The summed E-state index contributed by atoms with van der Waals surface area (Å²) in [7, 11) is 0. The molecule has 94 valence electrons. The van der Waals surface area contributed by atoms with Crippen molar-refractivity contribution in [2.45, 2.75) is 50.9 Å². The molecule has 0 heterocycles. The average molecular weight is 260 g/mol. The Hall–Kier alpha value is -1.00. The Morgan fingerprint density at radius 1 is 1.11 bits per heavy atom. The Balaban J connectivity index is 1.96. The summed E-state index contributed by atoms with van der Waals surface area (Å²) in [4.78, 5) is 0. The highest BCUT2D eigenvalue weighted by atomic mass is 35.5. The molecule has 2 heteroatoms. The van der Waals surface area contributed by atoms with Crippen LogP contribution in [0.3, 0.4) is 0 Å².